The fraction of sp³-hybridized carbons (Fsp3) is 0.500. The van der Waals surface area contributed by atoms with Gasteiger partial charge in [-0.2, -0.15) is 5.10 Å². The maximum atomic E-state index is 11.3. The van der Waals surface area contributed by atoms with E-state index in [0.717, 1.165) is 36.0 Å². The molecule has 2 aromatic rings. The van der Waals surface area contributed by atoms with E-state index in [0.29, 0.717) is 24.8 Å². The summed E-state index contributed by atoms with van der Waals surface area (Å²) in [6.45, 7) is 2.09. The smallest absolute Gasteiger partial charge is 0.305 e. The maximum absolute atomic E-state index is 11.3. The molecule has 0 bridgehead atoms. The number of aliphatic hydroxyl groups is 3. The summed E-state index contributed by atoms with van der Waals surface area (Å²) < 4.78 is 4.65. The van der Waals surface area contributed by atoms with E-state index in [1.807, 2.05) is 18.2 Å². The zero-order valence-electron chi connectivity index (χ0n) is 18.3. The Labute approximate surface area is 183 Å². The topological polar surface area (TPSA) is 116 Å². The molecule has 170 valence electrons. The van der Waals surface area contributed by atoms with Gasteiger partial charge in [0.1, 0.15) is 0 Å². The van der Waals surface area contributed by atoms with E-state index in [1.165, 1.54) is 7.11 Å². The van der Waals surface area contributed by atoms with Crippen LogP contribution in [0, 0.1) is 0 Å². The molecule has 0 saturated carbocycles. The molecule has 0 radical (unpaired) electrons. The average molecular weight is 431 g/mol. The van der Waals surface area contributed by atoms with Gasteiger partial charge in [0.2, 0.25) is 0 Å². The summed E-state index contributed by atoms with van der Waals surface area (Å²) in [7, 11) is 1.35. The van der Waals surface area contributed by atoms with Crippen molar-refractivity contribution in [3.63, 3.8) is 0 Å². The van der Waals surface area contributed by atoms with Crippen molar-refractivity contribution in [2.75, 3.05) is 7.11 Å². The van der Waals surface area contributed by atoms with Crippen LogP contribution in [-0.2, 0) is 9.53 Å². The van der Waals surface area contributed by atoms with Gasteiger partial charge in [0.15, 0.2) is 0 Å². The van der Waals surface area contributed by atoms with E-state index in [4.69, 9.17) is 0 Å². The highest BCUT2D eigenvalue weighted by atomic mass is 16.5. The molecule has 0 aliphatic rings. The molecule has 2 rings (SSSR count). The average Bonchev–Trinajstić information content (AvgIpc) is 3.32. The van der Waals surface area contributed by atoms with Crippen LogP contribution >= 0.6 is 0 Å². The molecule has 0 amide bonds. The van der Waals surface area contributed by atoms with E-state index in [9.17, 15) is 20.1 Å². The molecule has 0 saturated heterocycles. The van der Waals surface area contributed by atoms with Crippen molar-refractivity contribution in [2.45, 2.75) is 70.2 Å². The number of hydrogen-bond acceptors (Lipinski definition) is 6. The number of H-pyrrole nitrogens is 1. The first-order chi connectivity index (χ1) is 15.0. The van der Waals surface area contributed by atoms with Crippen molar-refractivity contribution in [1.29, 1.82) is 0 Å². The Hall–Kier alpha value is -2.48. The third-order valence-electron chi connectivity index (χ3n) is 5.33. The van der Waals surface area contributed by atoms with Gasteiger partial charge in [0.05, 0.1) is 31.6 Å². The maximum Gasteiger partial charge on any atom is 0.305 e. The number of esters is 1. The summed E-state index contributed by atoms with van der Waals surface area (Å²) in [6, 6.07) is 5.66. The third-order valence-corrected chi connectivity index (χ3v) is 5.33. The molecule has 1 unspecified atom stereocenters. The number of carbonyl (C=O) groups excluding carboxylic acids is 1. The summed E-state index contributed by atoms with van der Waals surface area (Å²) >= 11 is 0. The number of unbranched alkanes of at least 4 members (excludes halogenated alkanes) is 2. The number of nitrogens with one attached hydrogen (secondary N) is 1. The highest BCUT2D eigenvalue weighted by Gasteiger charge is 2.16. The van der Waals surface area contributed by atoms with Gasteiger partial charge in [-0.05, 0) is 42.0 Å². The van der Waals surface area contributed by atoms with E-state index in [2.05, 4.69) is 21.9 Å². The van der Waals surface area contributed by atoms with E-state index in [-0.39, 0.29) is 12.4 Å². The number of aromatic nitrogens is 2. The largest absolute Gasteiger partial charge is 0.469 e. The van der Waals surface area contributed by atoms with Gasteiger partial charge >= 0.3 is 5.97 Å². The van der Waals surface area contributed by atoms with E-state index in [1.54, 1.807) is 24.5 Å². The van der Waals surface area contributed by atoms with Crippen molar-refractivity contribution in [3.8, 4) is 11.1 Å². The number of nitrogens with zero attached hydrogens (tertiary/aromatic N) is 1. The van der Waals surface area contributed by atoms with Crippen LogP contribution in [0.5, 0.6) is 0 Å². The van der Waals surface area contributed by atoms with Crippen molar-refractivity contribution >= 4 is 12.0 Å². The second kappa shape index (κ2) is 13.0. The second-order valence-electron chi connectivity index (χ2n) is 7.73. The minimum absolute atomic E-state index is 0.245. The summed E-state index contributed by atoms with van der Waals surface area (Å²) in [4.78, 5) is 11.3. The lowest BCUT2D eigenvalue weighted by Crippen LogP contribution is -2.23. The van der Waals surface area contributed by atoms with Crippen LogP contribution in [0.1, 0.15) is 69.1 Å². The Balaban J connectivity index is 2.18. The lowest BCUT2D eigenvalue weighted by molar-refractivity contribution is -0.140. The molecule has 4 N–H and O–H groups in total. The highest BCUT2D eigenvalue weighted by molar-refractivity contribution is 5.69. The van der Waals surface area contributed by atoms with Gasteiger partial charge in [-0.15, -0.1) is 0 Å². The predicted octanol–water partition coefficient (Wildman–Crippen LogP) is 3.77. The molecule has 1 aromatic heterocycles. The zero-order chi connectivity index (χ0) is 22.6. The van der Waals surface area contributed by atoms with Crippen molar-refractivity contribution in [2.24, 2.45) is 0 Å². The number of ether oxygens (including phenoxy) is 1. The van der Waals surface area contributed by atoms with Gasteiger partial charge in [-0.3, -0.25) is 9.89 Å². The van der Waals surface area contributed by atoms with E-state index >= 15 is 0 Å². The van der Waals surface area contributed by atoms with Crippen molar-refractivity contribution < 1.29 is 24.9 Å². The Morgan fingerprint density at radius 3 is 2.65 bits per heavy atom. The van der Waals surface area contributed by atoms with Crippen LogP contribution in [0.15, 0.2) is 36.7 Å². The summed E-state index contributed by atoms with van der Waals surface area (Å²) in [5.41, 5.74) is 3.25. The molecule has 0 spiro atoms. The fourth-order valence-electron chi connectivity index (χ4n) is 3.41. The third kappa shape index (κ3) is 7.94. The molecule has 3 atom stereocenters. The number of aromatic amines is 1. The molecular formula is C24H34N2O5. The number of methoxy groups -OCH3 is 1. The van der Waals surface area contributed by atoms with Crippen LogP contribution in [0.2, 0.25) is 0 Å². The molecule has 7 nitrogen and oxygen atoms in total. The van der Waals surface area contributed by atoms with Gasteiger partial charge in [0.25, 0.3) is 0 Å². The van der Waals surface area contributed by atoms with Crippen LogP contribution in [0.3, 0.4) is 0 Å². The second-order valence-corrected chi connectivity index (χ2v) is 7.73. The van der Waals surface area contributed by atoms with Gasteiger partial charge in [-0.1, -0.05) is 50.5 Å². The standard InChI is InChI=1S/C24H34N2O5/c1-3-4-5-7-22(28)23(29)13-11-18-14-17(19-15-25-26-16-19)10-12-20(18)21(27)8-6-9-24(30)31-2/h10-16,21-23,27-29H,3-9H2,1-2H3,(H,25,26)/b13-11+/t21?,22-,23+/m0/s1. The fourth-order valence-corrected chi connectivity index (χ4v) is 3.41. The zero-order valence-corrected chi connectivity index (χ0v) is 18.3. The Morgan fingerprint density at radius 1 is 1.16 bits per heavy atom. The van der Waals surface area contributed by atoms with E-state index < -0.39 is 18.3 Å². The van der Waals surface area contributed by atoms with Gasteiger partial charge < -0.3 is 20.1 Å². The molecule has 7 heteroatoms. The van der Waals surface area contributed by atoms with Crippen LogP contribution in [0.25, 0.3) is 17.2 Å². The SMILES string of the molecule is CCCCC[C@H](O)[C@H](O)/C=C/c1cc(-c2cn[nH]c2)ccc1C(O)CCCC(=O)OC. The van der Waals surface area contributed by atoms with Gasteiger partial charge in [0, 0.05) is 18.2 Å². The quantitative estimate of drug-likeness (QED) is 0.284. The van der Waals surface area contributed by atoms with Crippen LogP contribution in [0.4, 0.5) is 0 Å². The lowest BCUT2D eigenvalue weighted by atomic mass is 9.94. The number of hydrogen-bond donors (Lipinski definition) is 4. The predicted molar refractivity (Wildman–Crippen MR) is 120 cm³/mol. The minimum atomic E-state index is -0.987. The summed E-state index contributed by atoms with van der Waals surface area (Å²) in [6.07, 6.45) is 8.83. The van der Waals surface area contributed by atoms with Crippen molar-refractivity contribution in [3.05, 3.63) is 47.8 Å². The Morgan fingerprint density at radius 2 is 1.97 bits per heavy atom. The van der Waals surface area contributed by atoms with Crippen LogP contribution < -0.4 is 0 Å². The molecule has 0 aliphatic heterocycles. The summed E-state index contributed by atoms with van der Waals surface area (Å²) in [5, 5.41) is 38.0. The first kappa shape index (κ1) is 24.8. The molecule has 1 aromatic carbocycles. The molecule has 1 heterocycles. The number of carbonyl (C=O) groups is 1. The molecule has 0 aliphatic carbocycles. The Bertz CT molecular complexity index is 819. The first-order valence-electron chi connectivity index (χ1n) is 10.9. The molecule has 0 fully saturated rings. The highest BCUT2D eigenvalue weighted by Crippen LogP contribution is 2.29. The summed E-state index contributed by atoms with van der Waals surface area (Å²) in [5.74, 6) is -0.303. The Kier molecular flexibility index (Phi) is 10.4. The normalized spacial score (nSPS) is 14.5. The first-order valence-corrected chi connectivity index (χ1v) is 10.9. The number of benzene rings is 1. The molecular weight excluding hydrogens is 396 g/mol. The van der Waals surface area contributed by atoms with Crippen molar-refractivity contribution in [1.82, 2.24) is 10.2 Å². The number of rotatable bonds is 13. The van der Waals surface area contributed by atoms with Gasteiger partial charge in [-0.25, -0.2) is 0 Å². The lowest BCUT2D eigenvalue weighted by Gasteiger charge is -2.17. The van der Waals surface area contributed by atoms with Crippen LogP contribution in [-0.4, -0.2) is 50.8 Å². The monoisotopic (exact) mass is 430 g/mol. The number of aliphatic hydroxyl groups excluding tert-OH is 3. The minimum Gasteiger partial charge on any atom is -0.469 e. The molecule has 31 heavy (non-hydrogen) atoms.